The van der Waals surface area contributed by atoms with E-state index in [0.717, 1.165) is 5.56 Å². The molecule has 0 saturated heterocycles. The molecule has 1 N–H and O–H groups in total. The molecule has 0 unspecified atom stereocenters. The highest BCUT2D eigenvalue weighted by atomic mass is 79.9. The molecule has 0 aromatic carbocycles. The van der Waals surface area contributed by atoms with Crippen molar-refractivity contribution in [2.45, 2.75) is 6.92 Å². The summed E-state index contributed by atoms with van der Waals surface area (Å²) in [5.41, 5.74) is 1.76. The molecule has 0 bridgehead atoms. The number of carbonyl (C=O) groups excluding carboxylic acids is 1. The van der Waals surface area contributed by atoms with E-state index < -0.39 is 0 Å². The first kappa shape index (κ1) is 12.1. The Kier molecular flexibility index (Phi) is 3.49. The molecule has 88 valence electrons. The van der Waals surface area contributed by atoms with Gasteiger partial charge in [-0.15, -0.1) is 0 Å². The van der Waals surface area contributed by atoms with Crippen molar-refractivity contribution in [1.29, 1.82) is 0 Å². The Morgan fingerprint density at radius 3 is 2.88 bits per heavy atom. The Balaban J connectivity index is 2.28. The average Bonchev–Trinajstić information content (AvgIpc) is 2.70. The van der Waals surface area contributed by atoms with Gasteiger partial charge < -0.3 is 9.73 Å². The van der Waals surface area contributed by atoms with Gasteiger partial charge in [0.1, 0.15) is 0 Å². The second-order valence-corrected chi connectivity index (χ2v) is 4.43. The van der Waals surface area contributed by atoms with Gasteiger partial charge in [-0.25, -0.2) is 4.98 Å². The van der Waals surface area contributed by atoms with E-state index in [4.69, 9.17) is 16.0 Å². The summed E-state index contributed by atoms with van der Waals surface area (Å²) in [6, 6.07) is 3.34. The summed E-state index contributed by atoms with van der Waals surface area (Å²) in [5.74, 6) is -0.302. The lowest BCUT2D eigenvalue weighted by molar-refractivity contribution is 0.102. The van der Waals surface area contributed by atoms with E-state index in [1.807, 2.05) is 6.92 Å². The molecule has 0 radical (unpaired) electrons. The number of hydrogen-bond acceptors (Lipinski definition) is 3. The zero-order valence-corrected chi connectivity index (χ0v) is 11.2. The number of pyridine rings is 1. The smallest absolute Gasteiger partial charge is 0.260 e. The van der Waals surface area contributed by atoms with Gasteiger partial charge in [0, 0.05) is 6.20 Å². The molecule has 0 fully saturated rings. The monoisotopic (exact) mass is 314 g/mol. The van der Waals surface area contributed by atoms with Crippen molar-refractivity contribution in [2.24, 2.45) is 0 Å². The molecule has 0 aliphatic heterocycles. The zero-order chi connectivity index (χ0) is 12.4. The summed E-state index contributed by atoms with van der Waals surface area (Å²) in [6.45, 7) is 1.84. The first-order valence-corrected chi connectivity index (χ1v) is 5.92. The molecule has 2 rings (SSSR count). The van der Waals surface area contributed by atoms with Crippen molar-refractivity contribution in [3.63, 3.8) is 0 Å². The highest BCUT2D eigenvalue weighted by Crippen LogP contribution is 2.25. The second-order valence-electron chi connectivity index (χ2n) is 3.36. The predicted molar refractivity (Wildman–Crippen MR) is 68.3 cm³/mol. The fourth-order valence-corrected chi connectivity index (χ4v) is 1.98. The fourth-order valence-electron chi connectivity index (χ4n) is 1.31. The maximum absolute atomic E-state index is 11.9. The number of amides is 1. The van der Waals surface area contributed by atoms with Gasteiger partial charge >= 0.3 is 0 Å². The van der Waals surface area contributed by atoms with Gasteiger partial charge in [-0.3, -0.25) is 4.79 Å². The van der Waals surface area contributed by atoms with E-state index in [0.29, 0.717) is 15.9 Å². The van der Waals surface area contributed by atoms with E-state index in [1.54, 1.807) is 18.3 Å². The standard InChI is InChI=1S/C11H8BrClN2O2/c1-6-2-4-14-10(13)8(6)15-11(16)7-3-5-17-9(7)12/h2-5H,1H3,(H,15,16). The van der Waals surface area contributed by atoms with Gasteiger partial charge in [-0.05, 0) is 40.5 Å². The van der Waals surface area contributed by atoms with Crippen LogP contribution in [0.15, 0.2) is 33.7 Å². The van der Waals surface area contributed by atoms with Crippen molar-refractivity contribution in [2.75, 3.05) is 5.32 Å². The molecule has 4 nitrogen and oxygen atoms in total. The Hall–Kier alpha value is -1.33. The van der Waals surface area contributed by atoms with E-state index in [-0.39, 0.29) is 11.1 Å². The number of furan rings is 1. The van der Waals surface area contributed by atoms with Crippen LogP contribution in [-0.2, 0) is 0 Å². The third-order valence-corrected chi connectivity index (χ3v) is 3.11. The lowest BCUT2D eigenvalue weighted by Gasteiger charge is -2.08. The molecule has 0 aliphatic carbocycles. The van der Waals surface area contributed by atoms with Crippen molar-refractivity contribution < 1.29 is 9.21 Å². The molecule has 1 amide bonds. The van der Waals surface area contributed by atoms with E-state index in [9.17, 15) is 4.79 Å². The predicted octanol–water partition coefficient (Wildman–Crippen LogP) is 3.65. The van der Waals surface area contributed by atoms with Crippen LogP contribution in [0.5, 0.6) is 0 Å². The van der Waals surface area contributed by atoms with E-state index in [2.05, 4.69) is 26.2 Å². The Morgan fingerprint density at radius 1 is 1.53 bits per heavy atom. The second kappa shape index (κ2) is 4.89. The van der Waals surface area contributed by atoms with Gasteiger partial charge in [-0.1, -0.05) is 11.6 Å². The van der Waals surface area contributed by atoms with Crippen molar-refractivity contribution in [1.82, 2.24) is 4.98 Å². The average molecular weight is 316 g/mol. The first-order chi connectivity index (χ1) is 8.09. The maximum atomic E-state index is 11.9. The van der Waals surface area contributed by atoms with Crippen LogP contribution in [0.4, 0.5) is 5.69 Å². The molecular formula is C11H8BrClN2O2. The first-order valence-electron chi connectivity index (χ1n) is 4.75. The Labute approximate surface area is 111 Å². The molecule has 17 heavy (non-hydrogen) atoms. The van der Waals surface area contributed by atoms with Crippen LogP contribution < -0.4 is 5.32 Å². The molecule has 2 aromatic heterocycles. The Morgan fingerprint density at radius 2 is 2.29 bits per heavy atom. The SMILES string of the molecule is Cc1ccnc(Cl)c1NC(=O)c1ccoc1Br. The number of aromatic nitrogens is 1. The number of nitrogens with one attached hydrogen (secondary N) is 1. The summed E-state index contributed by atoms with van der Waals surface area (Å²) in [4.78, 5) is 15.8. The molecular weight excluding hydrogens is 307 g/mol. The molecule has 2 aromatic rings. The van der Waals surface area contributed by atoms with Gasteiger partial charge in [0.25, 0.3) is 5.91 Å². The third-order valence-electron chi connectivity index (χ3n) is 2.21. The van der Waals surface area contributed by atoms with Crippen LogP contribution in [0.2, 0.25) is 5.15 Å². The van der Waals surface area contributed by atoms with Gasteiger partial charge in [0.05, 0.1) is 17.5 Å². The summed E-state index contributed by atoms with van der Waals surface area (Å²) < 4.78 is 5.37. The van der Waals surface area contributed by atoms with Crippen LogP contribution in [0.25, 0.3) is 0 Å². The minimum Gasteiger partial charge on any atom is -0.457 e. The number of hydrogen-bond donors (Lipinski definition) is 1. The van der Waals surface area contributed by atoms with Crippen molar-refractivity contribution >= 4 is 39.1 Å². The van der Waals surface area contributed by atoms with Crippen LogP contribution in [0.3, 0.4) is 0 Å². The number of aryl methyl sites for hydroxylation is 1. The highest BCUT2D eigenvalue weighted by molar-refractivity contribution is 9.10. The molecule has 0 atom stereocenters. The molecule has 6 heteroatoms. The minimum atomic E-state index is -0.302. The van der Waals surface area contributed by atoms with Gasteiger partial charge in [0.2, 0.25) is 0 Å². The number of anilines is 1. The highest BCUT2D eigenvalue weighted by Gasteiger charge is 2.15. The summed E-state index contributed by atoms with van der Waals surface area (Å²) in [7, 11) is 0. The van der Waals surface area contributed by atoms with Crippen LogP contribution in [-0.4, -0.2) is 10.9 Å². The normalized spacial score (nSPS) is 10.3. The Bertz CT molecular complexity index is 548. The quantitative estimate of drug-likeness (QED) is 0.861. The van der Waals surface area contributed by atoms with Crippen molar-refractivity contribution in [3.8, 4) is 0 Å². The summed E-state index contributed by atoms with van der Waals surface area (Å²) in [5, 5.41) is 2.96. The molecule has 2 heterocycles. The fraction of sp³-hybridized carbons (Fsp3) is 0.0909. The maximum Gasteiger partial charge on any atom is 0.260 e. The van der Waals surface area contributed by atoms with Gasteiger partial charge in [0.15, 0.2) is 9.82 Å². The molecule has 0 saturated carbocycles. The lowest BCUT2D eigenvalue weighted by Crippen LogP contribution is -2.13. The molecule has 0 aliphatic rings. The minimum absolute atomic E-state index is 0.262. The van der Waals surface area contributed by atoms with Crippen LogP contribution >= 0.6 is 27.5 Å². The summed E-state index contributed by atoms with van der Waals surface area (Å²) in [6.07, 6.45) is 3.01. The van der Waals surface area contributed by atoms with Gasteiger partial charge in [-0.2, -0.15) is 0 Å². The topological polar surface area (TPSA) is 55.1 Å². The number of nitrogens with zero attached hydrogens (tertiary/aromatic N) is 1. The zero-order valence-electron chi connectivity index (χ0n) is 8.83. The number of carbonyl (C=O) groups is 1. The summed E-state index contributed by atoms with van der Waals surface area (Å²) >= 11 is 9.05. The number of rotatable bonds is 2. The third kappa shape index (κ3) is 2.50. The van der Waals surface area contributed by atoms with E-state index in [1.165, 1.54) is 6.26 Å². The lowest BCUT2D eigenvalue weighted by atomic mass is 10.2. The number of halogens is 2. The largest absolute Gasteiger partial charge is 0.457 e. The van der Waals surface area contributed by atoms with Crippen LogP contribution in [0, 0.1) is 6.92 Å². The van der Waals surface area contributed by atoms with E-state index >= 15 is 0 Å². The van der Waals surface area contributed by atoms with Crippen molar-refractivity contribution in [3.05, 3.63) is 45.5 Å². The van der Waals surface area contributed by atoms with Crippen LogP contribution in [0.1, 0.15) is 15.9 Å². The molecule has 0 spiro atoms.